The number of carbonyl (C=O) groups is 1. The molecule has 0 bridgehead atoms. The number of methoxy groups -OCH3 is 1. The molecule has 6 nitrogen and oxygen atoms in total. The van der Waals surface area contributed by atoms with Gasteiger partial charge in [0.1, 0.15) is 0 Å². The molecule has 1 aromatic carbocycles. The van der Waals surface area contributed by atoms with E-state index in [1.54, 1.807) is 0 Å². The van der Waals surface area contributed by atoms with Gasteiger partial charge in [-0.25, -0.2) is 4.79 Å². The zero-order valence-electron chi connectivity index (χ0n) is 17.7. The highest BCUT2D eigenvalue weighted by Gasteiger charge is 2.27. The van der Waals surface area contributed by atoms with E-state index in [0.717, 1.165) is 62.4 Å². The van der Waals surface area contributed by atoms with Crippen molar-refractivity contribution in [2.24, 2.45) is 0 Å². The summed E-state index contributed by atoms with van der Waals surface area (Å²) in [6.07, 6.45) is 9.14. The summed E-state index contributed by atoms with van der Waals surface area (Å²) in [6.45, 7) is 7.98. The number of ether oxygens (including phenoxy) is 1. The average Bonchev–Trinajstić information content (AvgIpc) is 2.75. The monoisotopic (exact) mass is 396 g/mol. The molecule has 29 heavy (non-hydrogen) atoms. The van der Waals surface area contributed by atoms with Crippen molar-refractivity contribution in [2.45, 2.75) is 39.0 Å². The lowest BCUT2D eigenvalue weighted by atomic mass is 9.92. The van der Waals surface area contributed by atoms with Gasteiger partial charge in [0.25, 0.3) is 0 Å². The molecule has 3 rings (SSSR count). The maximum absolute atomic E-state index is 12.2. The van der Waals surface area contributed by atoms with E-state index < -0.39 is 0 Å². The van der Waals surface area contributed by atoms with E-state index in [2.05, 4.69) is 36.2 Å². The number of rotatable bonds is 5. The maximum Gasteiger partial charge on any atom is 0.337 e. The molecule has 156 valence electrons. The first kappa shape index (κ1) is 21.1. The molecule has 0 spiro atoms. The molecule has 2 heterocycles. The van der Waals surface area contributed by atoms with Crippen LogP contribution in [0.5, 0.6) is 0 Å². The Morgan fingerprint density at radius 3 is 2.79 bits per heavy atom. The van der Waals surface area contributed by atoms with Crippen molar-refractivity contribution >= 4 is 17.5 Å². The van der Waals surface area contributed by atoms with Gasteiger partial charge in [0.05, 0.1) is 24.1 Å². The highest BCUT2D eigenvalue weighted by atomic mass is 16.5. The van der Waals surface area contributed by atoms with Crippen LogP contribution in [0.2, 0.25) is 0 Å². The molecule has 1 unspecified atom stereocenters. The van der Waals surface area contributed by atoms with E-state index in [-0.39, 0.29) is 11.9 Å². The quantitative estimate of drug-likeness (QED) is 0.740. The Labute approximate surface area is 173 Å². The maximum atomic E-state index is 12.2. The Morgan fingerprint density at radius 2 is 2.10 bits per heavy atom. The van der Waals surface area contributed by atoms with Gasteiger partial charge in [-0.1, -0.05) is 38.5 Å². The second kappa shape index (κ2) is 9.74. The van der Waals surface area contributed by atoms with E-state index in [1.807, 2.05) is 29.3 Å². The predicted molar refractivity (Wildman–Crippen MR) is 118 cm³/mol. The molecule has 1 atom stereocenters. The van der Waals surface area contributed by atoms with Crippen LogP contribution in [-0.4, -0.2) is 50.0 Å². The number of unbranched alkanes of at least 4 members (excludes halogenated alkanes) is 1. The van der Waals surface area contributed by atoms with Gasteiger partial charge >= 0.3 is 5.97 Å². The summed E-state index contributed by atoms with van der Waals surface area (Å²) in [7, 11) is 1.40. The minimum Gasteiger partial charge on any atom is -0.465 e. The van der Waals surface area contributed by atoms with Crippen molar-refractivity contribution < 1.29 is 9.53 Å². The molecular weight excluding hydrogens is 364 g/mol. The van der Waals surface area contributed by atoms with Crippen molar-refractivity contribution in [1.82, 2.24) is 10.2 Å². The SMILES string of the molecule is CCCC=CN1C(=N)C(N2CCNCC2)=CCC(C)c2ccc(C(=O)OC)cc21. The van der Waals surface area contributed by atoms with E-state index in [9.17, 15) is 4.79 Å². The number of allylic oxidation sites excluding steroid dienone is 2. The van der Waals surface area contributed by atoms with Crippen molar-refractivity contribution in [1.29, 1.82) is 5.41 Å². The summed E-state index contributed by atoms with van der Waals surface area (Å²) < 4.78 is 4.93. The van der Waals surface area contributed by atoms with Crippen LogP contribution >= 0.6 is 0 Å². The van der Waals surface area contributed by atoms with Gasteiger partial charge in [0.15, 0.2) is 5.84 Å². The van der Waals surface area contributed by atoms with Gasteiger partial charge in [0, 0.05) is 32.4 Å². The summed E-state index contributed by atoms with van der Waals surface area (Å²) in [6, 6.07) is 5.69. The molecule has 2 N–H and O–H groups in total. The zero-order valence-corrected chi connectivity index (χ0v) is 17.7. The molecule has 1 fully saturated rings. The number of nitrogens with one attached hydrogen (secondary N) is 2. The highest BCUT2D eigenvalue weighted by molar-refractivity contribution is 6.09. The Hall–Kier alpha value is -2.60. The smallest absolute Gasteiger partial charge is 0.337 e. The predicted octanol–water partition coefficient (Wildman–Crippen LogP) is 3.87. The van der Waals surface area contributed by atoms with Gasteiger partial charge in [-0.15, -0.1) is 0 Å². The minimum atomic E-state index is -0.357. The number of hydrogen-bond acceptors (Lipinski definition) is 5. The summed E-state index contributed by atoms with van der Waals surface area (Å²) in [5, 5.41) is 12.4. The fourth-order valence-electron chi connectivity index (χ4n) is 3.86. The number of fused-ring (bicyclic) bond motifs is 1. The summed E-state index contributed by atoms with van der Waals surface area (Å²) >= 11 is 0. The summed E-state index contributed by atoms with van der Waals surface area (Å²) in [4.78, 5) is 16.4. The Kier molecular flexibility index (Phi) is 7.09. The number of esters is 1. The van der Waals surface area contributed by atoms with Crippen LogP contribution in [0.1, 0.15) is 54.9 Å². The van der Waals surface area contributed by atoms with Gasteiger partial charge in [-0.05, 0) is 36.5 Å². The number of piperazine rings is 1. The number of anilines is 1. The van der Waals surface area contributed by atoms with Crippen LogP contribution in [0.15, 0.2) is 42.2 Å². The van der Waals surface area contributed by atoms with Gasteiger partial charge < -0.3 is 19.9 Å². The summed E-state index contributed by atoms with van der Waals surface area (Å²) in [5.41, 5.74) is 3.50. The Balaban J connectivity index is 2.07. The van der Waals surface area contributed by atoms with Crippen molar-refractivity contribution in [3.05, 3.63) is 53.4 Å². The molecule has 6 heteroatoms. The molecule has 1 saturated heterocycles. The van der Waals surface area contributed by atoms with Crippen LogP contribution < -0.4 is 10.2 Å². The number of nitrogens with zero attached hydrogens (tertiary/aromatic N) is 2. The lowest BCUT2D eigenvalue weighted by molar-refractivity contribution is 0.0600. The van der Waals surface area contributed by atoms with Crippen LogP contribution in [0.3, 0.4) is 0 Å². The van der Waals surface area contributed by atoms with E-state index in [0.29, 0.717) is 11.4 Å². The van der Waals surface area contributed by atoms with Crippen molar-refractivity contribution in [3.8, 4) is 0 Å². The molecule has 0 aromatic heterocycles. The first-order valence-corrected chi connectivity index (χ1v) is 10.5. The molecule has 0 aliphatic carbocycles. The van der Waals surface area contributed by atoms with Crippen LogP contribution in [0, 0.1) is 5.41 Å². The largest absolute Gasteiger partial charge is 0.465 e. The first-order chi connectivity index (χ1) is 14.1. The van der Waals surface area contributed by atoms with Crippen LogP contribution in [0.25, 0.3) is 0 Å². The fourth-order valence-corrected chi connectivity index (χ4v) is 3.86. The second-order valence-electron chi connectivity index (χ2n) is 7.62. The lowest BCUT2D eigenvalue weighted by Gasteiger charge is -2.37. The fraction of sp³-hybridized carbons (Fsp3) is 0.478. The van der Waals surface area contributed by atoms with Crippen molar-refractivity contribution in [2.75, 3.05) is 38.2 Å². The molecule has 0 saturated carbocycles. The minimum absolute atomic E-state index is 0.282. The van der Waals surface area contributed by atoms with E-state index >= 15 is 0 Å². The molecule has 2 aliphatic heterocycles. The standard InChI is InChI=1S/C23H32N4O2/c1-4-5-6-13-27-21-16-18(23(28)29-3)8-9-19(21)17(2)7-10-20(22(27)24)26-14-11-25-12-15-26/h6,8-10,13,16-17,24-25H,4-5,7,11-12,14-15H2,1-3H3. The second-order valence-corrected chi connectivity index (χ2v) is 7.62. The average molecular weight is 397 g/mol. The van der Waals surface area contributed by atoms with Crippen LogP contribution in [-0.2, 0) is 4.74 Å². The topological polar surface area (TPSA) is 68.7 Å². The Morgan fingerprint density at radius 1 is 1.34 bits per heavy atom. The number of hydrogen-bond donors (Lipinski definition) is 2. The number of amidine groups is 1. The van der Waals surface area contributed by atoms with Gasteiger partial charge in [-0.2, -0.15) is 0 Å². The normalized spacial score (nSPS) is 20.2. The highest BCUT2D eigenvalue weighted by Crippen LogP contribution is 2.35. The number of carbonyl (C=O) groups excluding carboxylic acids is 1. The van der Waals surface area contributed by atoms with E-state index in [1.165, 1.54) is 7.11 Å². The lowest BCUT2D eigenvalue weighted by Crippen LogP contribution is -2.46. The van der Waals surface area contributed by atoms with Crippen molar-refractivity contribution in [3.63, 3.8) is 0 Å². The summed E-state index contributed by atoms with van der Waals surface area (Å²) in [5.74, 6) is 0.378. The van der Waals surface area contributed by atoms with E-state index in [4.69, 9.17) is 10.1 Å². The van der Waals surface area contributed by atoms with Crippen LogP contribution in [0.4, 0.5) is 5.69 Å². The molecule has 0 radical (unpaired) electrons. The third-order valence-corrected chi connectivity index (χ3v) is 5.56. The molecule has 2 aliphatic rings. The van der Waals surface area contributed by atoms with Gasteiger partial charge in [-0.3, -0.25) is 5.41 Å². The Bertz CT molecular complexity index is 809. The molecule has 1 aromatic rings. The molecular formula is C23H32N4O2. The molecule has 0 amide bonds. The zero-order chi connectivity index (χ0) is 20.8. The third kappa shape index (κ3) is 4.70. The first-order valence-electron chi connectivity index (χ1n) is 10.5. The third-order valence-electron chi connectivity index (χ3n) is 5.56. The van der Waals surface area contributed by atoms with Gasteiger partial charge in [0.2, 0.25) is 0 Å². The number of benzene rings is 1.